The molecule has 6 heteroatoms. The van der Waals surface area contributed by atoms with Crippen LogP contribution in [0.25, 0.3) is 0 Å². The summed E-state index contributed by atoms with van der Waals surface area (Å²) < 4.78 is 5.51. The van der Waals surface area contributed by atoms with Gasteiger partial charge in [-0.2, -0.15) is 0 Å². The second kappa shape index (κ2) is 6.56. The zero-order valence-electron chi connectivity index (χ0n) is 10.4. The molecule has 0 heterocycles. The number of hydrogen-bond acceptors (Lipinski definition) is 4. The van der Waals surface area contributed by atoms with Gasteiger partial charge >= 0.3 is 6.03 Å². The van der Waals surface area contributed by atoms with Crippen molar-refractivity contribution in [3.63, 3.8) is 0 Å². The van der Waals surface area contributed by atoms with Crippen molar-refractivity contribution in [2.75, 3.05) is 13.1 Å². The lowest BCUT2D eigenvalue weighted by molar-refractivity contribution is -0.139. The Morgan fingerprint density at radius 1 is 1.47 bits per heavy atom. The van der Waals surface area contributed by atoms with Gasteiger partial charge in [-0.15, -0.1) is 0 Å². The van der Waals surface area contributed by atoms with Crippen LogP contribution in [0.2, 0.25) is 0 Å². The minimum Gasteiger partial charge on any atom is -0.365 e. The van der Waals surface area contributed by atoms with Crippen LogP contribution < -0.4 is 16.4 Å². The molecule has 4 N–H and O–H groups in total. The average Bonchev–Trinajstić information content (AvgIpc) is 2.22. The summed E-state index contributed by atoms with van der Waals surface area (Å²) in [5.41, 5.74) is 5.50. The standard InChI is InChI=1S/C11H21N3O3/c1-3-13-11(16)14-10(15)7(2)17-9-4-8(5-9)6-12/h7-9H,3-6,12H2,1-2H3,(H2,13,14,15,16). The summed E-state index contributed by atoms with van der Waals surface area (Å²) in [4.78, 5) is 22.6. The average molecular weight is 243 g/mol. The summed E-state index contributed by atoms with van der Waals surface area (Å²) in [5, 5.41) is 4.71. The van der Waals surface area contributed by atoms with Crippen LogP contribution in [-0.4, -0.2) is 37.2 Å². The Morgan fingerprint density at radius 3 is 2.65 bits per heavy atom. The van der Waals surface area contributed by atoms with E-state index in [1.165, 1.54) is 0 Å². The maximum absolute atomic E-state index is 11.5. The minimum absolute atomic E-state index is 0.0959. The van der Waals surface area contributed by atoms with Crippen molar-refractivity contribution in [2.24, 2.45) is 11.7 Å². The van der Waals surface area contributed by atoms with E-state index in [4.69, 9.17) is 10.5 Å². The minimum atomic E-state index is -0.610. The van der Waals surface area contributed by atoms with Gasteiger partial charge in [-0.3, -0.25) is 10.1 Å². The van der Waals surface area contributed by atoms with Crippen molar-refractivity contribution in [1.82, 2.24) is 10.6 Å². The van der Waals surface area contributed by atoms with E-state index in [-0.39, 0.29) is 6.10 Å². The van der Waals surface area contributed by atoms with E-state index in [0.717, 1.165) is 12.8 Å². The summed E-state index contributed by atoms with van der Waals surface area (Å²) >= 11 is 0. The number of ether oxygens (including phenoxy) is 1. The number of nitrogens with one attached hydrogen (secondary N) is 2. The quantitative estimate of drug-likeness (QED) is 0.632. The number of carbonyl (C=O) groups excluding carboxylic acids is 2. The molecule has 0 bridgehead atoms. The number of rotatable bonds is 5. The van der Waals surface area contributed by atoms with E-state index in [2.05, 4.69) is 10.6 Å². The lowest BCUT2D eigenvalue weighted by Gasteiger charge is -2.35. The van der Waals surface area contributed by atoms with Gasteiger partial charge in [-0.25, -0.2) is 4.79 Å². The molecule has 0 aromatic heterocycles. The van der Waals surface area contributed by atoms with E-state index < -0.39 is 18.0 Å². The van der Waals surface area contributed by atoms with E-state index in [0.29, 0.717) is 19.0 Å². The number of nitrogens with two attached hydrogens (primary N) is 1. The SMILES string of the molecule is CCNC(=O)NC(=O)C(C)OC1CC(CN)C1. The van der Waals surface area contributed by atoms with E-state index in [9.17, 15) is 9.59 Å². The van der Waals surface area contributed by atoms with Gasteiger partial charge in [-0.1, -0.05) is 0 Å². The smallest absolute Gasteiger partial charge is 0.321 e. The Balaban J connectivity index is 2.21. The van der Waals surface area contributed by atoms with Gasteiger partial charge in [0.05, 0.1) is 6.10 Å². The van der Waals surface area contributed by atoms with Crippen LogP contribution in [0.3, 0.4) is 0 Å². The largest absolute Gasteiger partial charge is 0.365 e. The van der Waals surface area contributed by atoms with E-state index in [1.807, 2.05) is 0 Å². The van der Waals surface area contributed by atoms with Gasteiger partial charge < -0.3 is 15.8 Å². The fourth-order valence-corrected chi connectivity index (χ4v) is 1.75. The maximum Gasteiger partial charge on any atom is 0.321 e. The molecule has 1 fully saturated rings. The number of urea groups is 1. The first-order chi connectivity index (χ1) is 8.06. The number of imide groups is 1. The summed E-state index contributed by atoms with van der Waals surface area (Å²) in [5.74, 6) is 0.103. The van der Waals surface area contributed by atoms with Gasteiger partial charge in [0.25, 0.3) is 5.91 Å². The van der Waals surface area contributed by atoms with Crippen LogP contribution in [0.15, 0.2) is 0 Å². The predicted molar refractivity (Wildman–Crippen MR) is 63.3 cm³/mol. The molecule has 1 unspecified atom stereocenters. The summed E-state index contributed by atoms with van der Waals surface area (Å²) in [6.45, 7) is 4.57. The third-order valence-corrected chi connectivity index (χ3v) is 2.87. The third-order valence-electron chi connectivity index (χ3n) is 2.87. The summed E-state index contributed by atoms with van der Waals surface area (Å²) in [6, 6.07) is -0.485. The van der Waals surface area contributed by atoms with Crippen molar-refractivity contribution < 1.29 is 14.3 Å². The molecule has 17 heavy (non-hydrogen) atoms. The monoisotopic (exact) mass is 243 g/mol. The number of hydrogen-bond donors (Lipinski definition) is 3. The lowest BCUT2D eigenvalue weighted by atomic mass is 9.82. The Hall–Kier alpha value is -1.14. The fourth-order valence-electron chi connectivity index (χ4n) is 1.75. The molecule has 1 saturated carbocycles. The van der Waals surface area contributed by atoms with Gasteiger partial charge in [0, 0.05) is 6.54 Å². The van der Waals surface area contributed by atoms with Crippen LogP contribution in [0.4, 0.5) is 4.79 Å². The normalized spacial score (nSPS) is 24.6. The molecule has 3 amide bonds. The van der Waals surface area contributed by atoms with Crippen LogP contribution >= 0.6 is 0 Å². The van der Waals surface area contributed by atoms with E-state index >= 15 is 0 Å². The first-order valence-electron chi connectivity index (χ1n) is 6.01. The molecule has 98 valence electrons. The highest BCUT2D eigenvalue weighted by molar-refractivity contribution is 5.96. The maximum atomic E-state index is 11.5. The molecule has 0 radical (unpaired) electrons. The molecular weight excluding hydrogens is 222 g/mol. The van der Waals surface area contributed by atoms with Crippen molar-refractivity contribution in [1.29, 1.82) is 0 Å². The lowest BCUT2D eigenvalue weighted by Crippen LogP contribution is -2.46. The first kappa shape index (κ1) is 13.9. The van der Waals surface area contributed by atoms with Crippen LogP contribution in [0.1, 0.15) is 26.7 Å². The highest BCUT2D eigenvalue weighted by Crippen LogP contribution is 2.29. The van der Waals surface area contributed by atoms with Crippen LogP contribution in [-0.2, 0) is 9.53 Å². The summed E-state index contributed by atoms with van der Waals surface area (Å²) in [7, 11) is 0. The van der Waals surface area contributed by atoms with E-state index in [1.54, 1.807) is 13.8 Å². The molecule has 6 nitrogen and oxygen atoms in total. The van der Waals surface area contributed by atoms with Gasteiger partial charge in [0.1, 0.15) is 6.10 Å². The highest BCUT2D eigenvalue weighted by Gasteiger charge is 2.31. The zero-order chi connectivity index (χ0) is 12.8. The molecule has 0 spiro atoms. The third kappa shape index (κ3) is 4.32. The fraction of sp³-hybridized carbons (Fsp3) is 0.818. The highest BCUT2D eigenvalue weighted by atomic mass is 16.5. The Labute approximate surface area is 101 Å². The van der Waals surface area contributed by atoms with Crippen LogP contribution in [0, 0.1) is 5.92 Å². The summed E-state index contributed by atoms with van der Waals surface area (Å²) in [6.07, 6.45) is 1.28. The Kier molecular flexibility index (Phi) is 5.37. The molecule has 0 aromatic rings. The van der Waals surface area contributed by atoms with Crippen molar-refractivity contribution in [3.8, 4) is 0 Å². The second-order valence-corrected chi connectivity index (χ2v) is 4.32. The van der Waals surface area contributed by atoms with Crippen molar-refractivity contribution in [3.05, 3.63) is 0 Å². The second-order valence-electron chi connectivity index (χ2n) is 4.32. The van der Waals surface area contributed by atoms with Crippen molar-refractivity contribution in [2.45, 2.75) is 38.9 Å². The zero-order valence-corrected chi connectivity index (χ0v) is 10.4. The Morgan fingerprint density at radius 2 is 2.12 bits per heavy atom. The van der Waals surface area contributed by atoms with Gasteiger partial charge in [0.2, 0.25) is 0 Å². The van der Waals surface area contributed by atoms with Gasteiger partial charge in [0.15, 0.2) is 0 Å². The molecule has 1 aliphatic rings. The predicted octanol–water partition coefficient (Wildman–Crippen LogP) is -0.0255. The molecule has 1 rings (SSSR count). The van der Waals surface area contributed by atoms with Gasteiger partial charge in [-0.05, 0) is 39.2 Å². The molecule has 1 aliphatic carbocycles. The molecule has 0 aliphatic heterocycles. The topological polar surface area (TPSA) is 93.5 Å². The molecule has 0 aromatic carbocycles. The number of amides is 3. The number of carbonyl (C=O) groups is 2. The molecular formula is C11H21N3O3. The van der Waals surface area contributed by atoms with Crippen LogP contribution in [0.5, 0.6) is 0 Å². The van der Waals surface area contributed by atoms with Crippen molar-refractivity contribution >= 4 is 11.9 Å². The Bertz CT molecular complexity index is 277. The molecule has 1 atom stereocenters. The first-order valence-corrected chi connectivity index (χ1v) is 6.01. The molecule has 0 saturated heterocycles.